The molecule has 7 nitrogen and oxygen atoms in total. The lowest BCUT2D eigenvalue weighted by atomic mass is 10.2. The Morgan fingerprint density at radius 1 is 1.10 bits per heavy atom. The van der Waals surface area contributed by atoms with Gasteiger partial charge in [0.15, 0.2) is 5.96 Å². The minimum absolute atomic E-state index is 0. The van der Waals surface area contributed by atoms with Crippen LogP contribution in [0.2, 0.25) is 0 Å². The molecule has 2 aromatic carbocycles. The van der Waals surface area contributed by atoms with Crippen LogP contribution in [0.25, 0.3) is 0 Å². The molecule has 31 heavy (non-hydrogen) atoms. The lowest BCUT2D eigenvalue weighted by molar-refractivity contribution is -0.117. The van der Waals surface area contributed by atoms with Crippen LogP contribution in [0.15, 0.2) is 53.5 Å². The van der Waals surface area contributed by atoms with Crippen LogP contribution in [0, 0.1) is 0 Å². The molecule has 0 saturated carbocycles. The van der Waals surface area contributed by atoms with E-state index in [1.54, 1.807) is 0 Å². The fraction of sp³-hybridized carbons (Fsp3) is 0.348. The van der Waals surface area contributed by atoms with E-state index in [0.29, 0.717) is 19.5 Å². The van der Waals surface area contributed by atoms with Crippen molar-refractivity contribution in [2.45, 2.75) is 39.8 Å². The fourth-order valence-electron chi connectivity index (χ4n) is 3.36. The predicted octanol–water partition coefficient (Wildman–Crippen LogP) is 3.65. The summed E-state index contributed by atoms with van der Waals surface area (Å²) in [7, 11) is 0. The van der Waals surface area contributed by atoms with Crippen molar-refractivity contribution in [3.8, 4) is 0 Å². The van der Waals surface area contributed by atoms with Crippen molar-refractivity contribution in [1.82, 2.24) is 10.6 Å². The summed E-state index contributed by atoms with van der Waals surface area (Å²) in [6.45, 7) is 6.21. The number of hydrogen-bond acceptors (Lipinski definition) is 3. The van der Waals surface area contributed by atoms with Crippen molar-refractivity contribution in [2.24, 2.45) is 4.99 Å². The van der Waals surface area contributed by atoms with Crippen molar-refractivity contribution in [3.63, 3.8) is 0 Å². The number of amides is 2. The summed E-state index contributed by atoms with van der Waals surface area (Å²) >= 11 is 0. The highest BCUT2D eigenvalue weighted by Gasteiger charge is 2.21. The van der Waals surface area contributed by atoms with Crippen molar-refractivity contribution in [3.05, 3.63) is 59.7 Å². The molecule has 0 atom stereocenters. The van der Waals surface area contributed by atoms with Crippen LogP contribution in [0.1, 0.15) is 37.8 Å². The zero-order valence-corrected chi connectivity index (χ0v) is 20.3. The van der Waals surface area contributed by atoms with Gasteiger partial charge in [0.25, 0.3) is 0 Å². The molecule has 166 valence electrons. The molecule has 0 spiro atoms. The molecule has 1 aliphatic rings. The van der Waals surface area contributed by atoms with Gasteiger partial charge in [-0.2, -0.15) is 0 Å². The van der Waals surface area contributed by atoms with Gasteiger partial charge in [-0.1, -0.05) is 24.3 Å². The highest BCUT2D eigenvalue weighted by Crippen LogP contribution is 2.21. The number of halogens is 1. The van der Waals surface area contributed by atoms with Gasteiger partial charge in [0.05, 0.1) is 6.54 Å². The van der Waals surface area contributed by atoms with E-state index in [9.17, 15) is 9.59 Å². The van der Waals surface area contributed by atoms with Gasteiger partial charge in [0.2, 0.25) is 11.8 Å². The third-order valence-corrected chi connectivity index (χ3v) is 4.79. The van der Waals surface area contributed by atoms with Crippen LogP contribution < -0.4 is 20.9 Å². The third-order valence-electron chi connectivity index (χ3n) is 4.79. The van der Waals surface area contributed by atoms with Crippen molar-refractivity contribution < 1.29 is 9.59 Å². The Morgan fingerprint density at radius 2 is 1.87 bits per heavy atom. The number of nitrogens with zero attached hydrogens (tertiary/aromatic N) is 2. The van der Waals surface area contributed by atoms with Crippen molar-refractivity contribution >= 4 is 53.1 Å². The Labute approximate surface area is 200 Å². The van der Waals surface area contributed by atoms with E-state index < -0.39 is 0 Å². The molecule has 3 N–H and O–H groups in total. The van der Waals surface area contributed by atoms with Crippen molar-refractivity contribution in [2.75, 3.05) is 23.3 Å². The van der Waals surface area contributed by atoms with Crippen LogP contribution in [-0.2, 0) is 22.7 Å². The number of guanidine groups is 1. The first-order valence-corrected chi connectivity index (χ1v) is 10.3. The molecule has 0 aliphatic carbocycles. The number of carbonyl (C=O) groups excluding carboxylic acids is 2. The van der Waals surface area contributed by atoms with Crippen LogP contribution >= 0.6 is 24.0 Å². The van der Waals surface area contributed by atoms with E-state index >= 15 is 0 Å². The molecule has 0 aromatic heterocycles. The summed E-state index contributed by atoms with van der Waals surface area (Å²) in [6, 6.07) is 15.7. The summed E-state index contributed by atoms with van der Waals surface area (Å²) in [6.07, 6.45) is 1.57. The SMILES string of the molecule is CCNC(=NCc1cccc(NC(C)=O)c1)NCc1ccc(N2CCCC2=O)cc1.I. The summed E-state index contributed by atoms with van der Waals surface area (Å²) in [5.41, 5.74) is 3.85. The maximum absolute atomic E-state index is 11.9. The normalized spacial score (nSPS) is 13.5. The minimum Gasteiger partial charge on any atom is -0.357 e. The molecule has 1 fully saturated rings. The largest absolute Gasteiger partial charge is 0.357 e. The molecule has 0 unspecified atom stereocenters. The molecule has 2 amide bonds. The van der Waals surface area contributed by atoms with E-state index in [0.717, 1.165) is 48.0 Å². The summed E-state index contributed by atoms with van der Waals surface area (Å²) in [5.74, 6) is 0.831. The number of carbonyl (C=O) groups is 2. The first kappa shape index (κ1) is 24.6. The average Bonchev–Trinajstić information content (AvgIpc) is 3.16. The lowest BCUT2D eigenvalue weighted by Gasteiger charge is -2.16. The molecule has 1 heterocycles. The van der Waals surface area contributed by atoms with Crippen LogP contribution in [0.5, 0.6) is 0 Å². The number of aliphatic imine (C=N–C) groups is 1. The second-order valence-electron chi connectivity index (χ2n) is 7.25. The Bertz CT molecular complexity index is 914. The second-order valence-corrected chi connectivity index (χ2v) is 7.25. The van der Waals surface area contributed by atoms with Gasteiger partial charge < -0.3 is 20.9 Å². The Morgan fingerprint density at radius 3 is 2.52 bits per heavy atom. The number of nitrogens with one attached hydrogen (secondary N) is 3. The third kappa shape index (κ3) is 7.54. The Kier molecular flexibility index (Phi) is 9.77. The van der Waals surface area contributed by atoms with Crippen LogP contribution in [0.4, 0.5) is 11.4 Å². The monoisotopic (exact) mass is 535 g/mol. The molecule has 1 aliphatic heterocycles. The van der Waals surface area contributed by atoms with E-state index in [2.05, 4.69) is 20.9 Å². The first-order valence-electron chi connectivity index (χ1n) is 10.3. The Balaban J connectivity index is 0.00000341. The van der Waals surface area contributed by atoms with E-state index in [4.69, 9.17) is 0 Å². The number of anilines is 2. The predicted molar refractivity (Wildman–Crippen MR) is 136 cm³/mol. The molecular formula is C23H30IN5O2. The smallest absolute Gasteiger partial charge is 0.227 e. The molecule has 0 radical (unpaired) electrons. The first-order chi connectivity index (χ1) is 14.5. The quantitative estimate of drug-likeness (QED) is 0.287. The topological polar surface area (TPSA) is 85.8 Å². The number of hydrogen-bond donors (Lipinski definition) is 3. The van der Waals surface area contributed by atoms with E-state index in [-0.39, 0.29) is 35.8 Å². The van der Waals surface area contributed by atoms with Gasteiger partial charge in [0.1, 0.15) is 0 Å². The van der Waals surface area contributed by atoms with E-state index in [1.165, 1.54) is 6.92 Å². The molecule has 2 aromatic rings. The van der Waals surface area contributed by atoms with Crippen molar-refractivity contribution in [1.29, 1.82) is 0 Å². The van der Waals surface area contributed by atoms with Crippen LogP contribution in [-0.4, -0.2) is 30.9 Å². The molecule has 3 rings (SSSR count). The second kappa shape index (κ2) is 12.3. The molecular weight excluding hydrogens is 505 g/mol. The van der Waals surface area contributed by atoms with Gasteiger partial charge >= 0.3 is 0 Å². The lowest BCUT2D eigenvalue weighted by Crippen LogP contribution is -2.36. The van der Waals surface area contributed by atoms with Gasteiger partial charge in [-0.3, -0.25) is 9.59 Å². The Hall–Kier alpha value is -2.62. The minimum atomic E-state index is -0.0919. The van der Waals surface area contributed by atoms with Gasteiger partial charge in [-0.05, 0) is 48.7 Å². The maximum Gasteiger partial charge on any atom is 0.227 e. The van der Waals surface area contributed by atoms with Crippen LogP contribution in [0.3, 0.4) is 0 Å². The van der Waals surface area contributed by atoms with Gasteiger partial charge in [-0.25, -0.2) is 4.99 Å². The number of rotatable bonds is 7. The highest BCUT2D eigenvalue weighted by molar-refractivity contribution is 14.0. The summed E-state index contributed by atoms with van der Waals surface area (Å²) in [4.78, 5) is 29.6. The maximum atomic E-state index is 11.9. The van der Waals surface area contributed by atoms with E-state index in [1.807, 2.05) is 60.4 Å². The zero-order valence-electron chi connectivity index (χ0n) is 18.0. The highest BCUT2D eigenvalue weighted by atomic mass is 127. The molecule has 1 saturated heterocycles. The zero-order chi connectivity index (χ0) is 21.3. The average molecular weight is 535 g/mol. The summed E-state index contributed by atoms with van der Waals surface area (Å²) < 4.78 is 0. The fourth-order valence-corrected chi connectivity index (χ4v) is 3.36. The van der Waals surface area contributed by atoms with Gasteiger partial charge in [-0.15, -0.1) is 24.0 Å². The molecule has 0 bridgehead atoms. The standard InChI is InChI=1S/C23H29N5O2.HI/c1-3-24-23(26-16-19-6-4-7-20(14-19)27-17(2)29)25-15-18-9-11-21(12-10-18)28-13-5-8-22(28)30;/h4,6-7,9-12,14H,3,5,8,13,15-16H2,1-2H3,(H,27,29)(H2,24,25,26);1H. The van der Waals surface area contributed by atoms with Gasteiger partial charge in [0, 0.05) is 44.4 Å². The molecule has 8 heteroatoms. The summed E-state index contributed by atoms with van der Waals surface area (Å²) in [5, 5.41) is 9.38. The number of benzene rings is 2.